The summed E-state index contributed by atoms with van der Waals surface area (Å²) in [5, 5.41) is 6.22. The Morgan fingerprint density at radius 3 is 2.39 bits per heavy atom. The van der Waals surface area contributed by atoms with Crippen LogP contribution in [0.1, 0.15) is 15.9 Å². The van der Waals surface area contributed by atoms with Crippen molar-refractivity contribution in [1.29, 1.82) is 0 Å². The van der Waals surface area contributed by atoms with Crippen LogP contribution >= 0.6 is 36.6 Å². The predicted octanol–water partition coefficient (Wildman–Crippen LogP) is 2.03. The largest absolute Gasteiger partial charge is 0.352 e. The highest BCUT2D eigenvalue weighted by Gasteiger charge is 2.17. The van der Waals surface area contributed by atoms with Gasteiger partial charge >= 0.3 is 0 Å². The quantitative estimate of drug-likeness (QED) is 0.823. The van der Waals surface area contributed by atoms with Crippen molar-refractivity contribution in [2.75, 3.05) is 44.2 Å². The lowest BCUT2D eigenvalue weighted by Crippen LogP contribution is -2.48. The average molecular weight is 378 g/mol. The summed E-state index contributed by atoms with van der Waals surface area (Å²) in [4.78, 5) is 14.5. The van der Waals surface area contributed by atoms with E-state index in [0.717, 1.165) is 31.7 Å². The van der Waals surface area contributed by atoms with Crippen LogP contribution in [-0.4, -0.2) is 55.0 Å². The zero-order valence-corrected chi connectivity index (χ0v) is 15.6. The van der Waals surface area contributed by atoms with Crippen LogP contribution in [0.15, 0.2) is 24.3 Å². The van der Waals surface area contributed by atoms with Gasteiger partial charge in [0.05, 0.1) is 0 Å². The Kier molecular flexibility index (Phi) is 9.32. The summed E-state index contributed by atoms with van der Waals surface area (Å²) in [5.41, 5.74) is 2.06. The third kappa shape index (κ3) is 6.16. The molecule has 1 aromatic carbocycles. The van der Waals surface area contributed by atoms with Crippen LogP contribution < -0.4 is 10.6 Å². The average Bonchev–Trinajstić information content (AvgIpc) is 2.47. The van der Waals surface area contributed by atoms with Crippen LogP contribution in [0.2, 0.25) is 0 Å². The molecule has 7 heteroatoms. The van der Waals surface area contributed by atoms with Gasteiger partial charge in [0.15, 0.2) is 0 Å². The molecule has 1 amide bonds. The standard InChI is InChI=1S/C16H23N3OS.2ClH/c20-16(18-11-14-9-17-10-14)15-3-1-13(2-4-15)12-19-5-7-21-8-6-19;;/h1-4,14,17H,5-12H2,(H,18,20);2*1H. The molecule has 0 unspecified atom stereocenters. The number of nitrogens with zero attached hydrogens (tertiary/aromatic N) is 1. The van der Waals surface area contributed by atoms with Crippen LogP contribution in [0, 0.1) is 5.92 Å². The van der Waals surface area contributed by atoms with Gasteiger partial charge < -0.3 is 10.6 Å². The summed E-state index contributed by atoms with van der Waals surface area (Å²) < 4.78 is 0. The van der Waals surface area contributed by atoms with Crippen molar-refractivity contribution < 1.29 is 4.79 Å². The first-order chi connectivity index (χ1) is 10.3. The summed E-state index contributed by atoms with van der Waals surface area (Å²) in [6, 6.07) is 8.06. The second kappa shape index (κ2) is 10.4. The van der Waals surface area contributed by atoms with E-state index < -0.39 is 0 Å². The third-order valence-electron chi connectivity index (χ3n) is 4.14. The van der Waals surface area contributed by atoms with Crippen molar-refractivity contribution in [1.82, 2.24) is 15.5 Å². The van der Waals surface area contributed by atoms with Gasteiger partial charge in [-0.1, -0.05) is 12.1 Å². The molecule has 2 aliphatic rings. The monoisotopic (exact) mass is 377 g/mol. The lowest BCUT2D eigenvalue weighted by Gasteiger charge is -2.27. The first-order valence-electron chi connectivity index (χ1n) is 7.69. The van der Waals surface area contributed by atoms with Crippen molar-refractivity contribution >= 4 is 42.5 Å². The Hall–Kier alpha value is -0.460. The molecule has 0 atom stereocenters. The fourth-order valence-corrected chi connectivity index (χ4v) is 3.59. The minimum absolute atomic E-state index is 0. The third-order valence-corrected chi connectivity index (χ3v) is 5.09. The molecule has 2 fully saturated rings. The van der Waals surface area contributed by atoms with E-state index in [1.165, 1.54) is 30.2 Å². The molecule has 0 aliphatic carbocycles. The molecule has 0 saturated carbocycles. The number of amides is 1. The van der Waals surface area contributed by atoms with Crippen molar-refractivity contribution in [3.63, 3.8) is 0 Å². The molecule has 0 bridgehead atoms. The topological polar surface area (TPSA) is 44.4 Å². The Morgan fingerprint density at radius 1 is 1.17 bits per heavy atom. The van der Waals surface area contributed by atoms with Gasteiger partial charge in [0.25, 0.3) is 5.91 Å². The maximum atomic E-state index is 12.0. The molecular weight excluding hydrogens is 353 g/mol. The number of benzene rings is 1. The smallest absolute Gasteiger partial charge is 0.251 e. The number of hydrogen-bond donors (Lipinski definition) is 2. The number of halogens is 2. The number of hydrogen-bond acceptors (Lipinski definition) is 4. The van der Waals surface area contributed by atoms with Gasteiger partial charge in [0.2, 0.25) is 0 Å². The minimum Gasteiger partial charge on any atom is -0.352 e. The van der Waals surface area contributed by atoms with E-state index in [1.54, 1.807) is 0 Å². The molecule has 2 saturated heterocycles. The lowest BCUT2D eigenvalue weighted by atomic mass is 10.0. The van der Waals surface area contributed by atoms with Gasteiger partial charge in [-0.15, -0.1) is 24.8 Å². The van der Waals surface area contributed by atoms with E-state index in [-0.39, 0.29) is 30.7 Å². The highest BCUT2D eigenvalue weighted by molar-refractivity contribution is 7.99. The van der Waals surface area contributed by atoms with E-state index in [2.05, 4.69) is 27.7 Å². The summed E-state index contributed by atoms with van der Waals surface area (Å²) in [6.45, 7) is 6.15. The van der Waals surface area contributed by atoms with E-state index in [0.29, 0.717) is 5.92 Å². The highest BCUT2D eigenvalue weighted by atomic mass is 35.5. The molecule has 130 valence electrons. The van der Waals surface area contributed by atoms with Crippen LogP contribution in [0.3, 0.4) is 0 Å². The van der Waals surface area contributed by atoms with Crippen molar-refractivity contribution in [3.8, 4) is 0 Å². The van der Waals surface area contributed by atoms with E-state index in [4.69, 9.17) is 0 Å². The Morgan fingerprint density at radius 2 is 1.83 bits per heavy atom. The molecule has 2 heterocycles. The Balaban J connectivity index is 0.00000132. The lowest BCUT2D eigenvalue weighted by molar-refractivity contribution is 0.0942. The second-order valence-electron chi connectivity index (χ2n) is 5.82. The second-order valence-corrected chi connectivity index (χ2v) is 7.04. The van der Waals surface area contributed by atoms with Crippen molar-refractivity contribution in [3.05, 3.63) is 35.4 Å². The number of rotatable bonds is 5. The summed E-state index contributed by atoms with van der Waals surface area (Å²) in [6.07, 6.45) is 0. The Bertz CT molecular complexity index is 477. The number of carbonyl (C=O) groups is 1. The van der Waals surface area contributed by atoms with Gasteiger partial charge in [-0.3, -0.25) is 9.69 Å². The van der Waals surface area contributed by atoms with E-state index in [1.807, 2.05) is 23.9 Å². The van der Waals surface area contributed by atoms with Crippen LogP contribution in [0.5, 0.6) is 0 Å². The molecular formula is C16H25Cl2N3OS. The molecule has 0 spiro atoms. The zero-order valence-electron chi connectivity index (χ0n) is 13.1. The molecule has 4 nitrogen and oxygen atoms in total. The van der Waals surface area contributed by atoms with Gasteiger partial charge in [-0.25, -0.2) is 0 Å². The van der Waals surface area contributed by atoms with Gasteiger partial charge in [-0.2, -0.15) is 11.8 Å². The maximum absolute atomic E-state index is 12.0. The SMILES string of the molecule is Cl.Cl.O=C(NCC1CNC1)c1ccc(CN2CCSCC2)cc1. The maximum Gasteiger partial charge on any atom is 0.251 e. The van der Waals surface area contributed by atoms with Crippen LogP contribution in [-0.2, 0) is 6.54 Å². The molecule has 0 radical (unpaired) electrons. The molecule has 23 heavy (non-hydrogen) atoms. The summed E-state index contributed by atoms with van der Waals surface area (Å²) >= 11 is 2.03. The van der Waals surface area contributed by atoms with Crippen molar-refractivity contribution in [2.24, 2.45) is 5.92 Å². The predicted molar refractivity (Wildman–Crippen MR) is 102 cm³/mol. The number of thioether (sulfide) groups is 1. The number of carbonyl (C=O) groups excluding carboxylic acids is 1. The van der Waals surface area contributed by atoms with Crippen LogP contribution in [0.25, 0.3) is 0 Å². The first kappa shape index (κ1) is 20.6. The van der Waals surface area contributed by atoms with Gasteiger partial charge in [-0.05, 0) is 17.7 Å². The van der Waals surface area contributed by atoms with E-state index in [9.17, 15) is 4.79 Å². The van der Waals surface area contributed by atoms with Gasteiger partial charge in [0, 0.05) is 62.3 Å². The van der Waals surface area contributed by atoms with E-state index >= 15 is 0 Å². The fraction of sp³-hybridized carbons (Fsp3) is 0.562. The van der Waals surface area contributed by atoms with Gasteiger partial charge in [0.1, 0.15) is 0 Å². The van der Waals surface area contributed by atoms with Crippen molar-refractivity contribution in [2.45, 2.75) is 6.54 Å². The highest BCUT2D eigenvalue weighted by Crippen LogP contribution is 2.13. The molecule has 1 aromatic rings. The first-order valence-corrected chi connectivity index (χ1v) is 8.85. The van der Waals surface area contributed by atoms with Crippen LogP contribution in [0.4, 0.5) is 0 Å². The summed E-state index contributed by atoms with van der Waals surface area (Å²) in [5.74, 6) is 3.11. The summed E-state index contributed by atoms with van der Waals surface area (Å²) in [7, 11) is 0. The number of nitrogens with one attached hydrogen (secondary N) is 2. The zero-order chi connectivity index (χ0) is 14.5. The molecule has 0 aromatic heterocycles. The molecule has 2 aliphatic heterocycles. The molecule has 2 N–H and O–H groups in total. The molecule has 3 rings (SSSR count). The normalized spacial score (nSPS) is 18.3. The minimum atomic E-state index is 0. The Labute approximate surface area is 155 Å². The fourth-order valence-electron chi connectivity index (χ4n) is 2.61.